The van der Waals surface area contributed by atoms with Gasteiger partial charge in [0, 0.05) is 24.0 Å². The monoisotopic (exact) mass is 315 g/mol. The first-order chi connectivity index (χ1) is 11.8. The van der Waals surface area contributed by atoms with Crippen LogP contribution in [0.5, 0.6) is 0 Å². The molecule has 0 saturated carbocycles. The second-order valence-corrected chi connectivity index (χ2v) is 5.17. The fourth-order valence-electron chi connectivity index (χ4n) is 2.45. The summed E-state index contributed by atoms with van der Waals surface area (Å²) in [5.74, 6) is 0.263. The highest BCUT2D eigenvalue weighted by Crippen LogP contribution is 2.18. The van der Waals surface area contributed by atoms with Crippen LogP contribution in [-0.4, -0.2) is 25.7 Å². The van der Waals surface area contributed by atoms with Crippen LogP contribution in [0.15, 0.2) is 73.2 Å². The molecule has 0 unspecified atom stereocenters. The van der Waals surface area contributed by atoms with Crippen LogP contribution in [0, 0.1) is 0 Å². The minimum absolute atomic E-state index is 0.290. The molecule has 3 aromatic heterocycles. The van der Waals surface area contributed by atoms with E-state index in [1.807, 2.05) is 30.3 Å². The third kappa shape index (κ3) is 2.61. The molecule has 0 aliphatic rings. The first-order valence-electron chi connectivity index (χ1n) is 7.43. The van der Waals surface area contributed by atoms with Crippen LogP contribution in [-0.2, 0) is 0 Å². The smallest absolute Gasteiger partial charge is 0.274 e. The number of aromatic nitrogens is 4. The van der Waals surface area contributed by atoms with Crippen molar-refractivity contribution in [1.29, 1.82) is 0 Å². The number of hydrogen-bond acceptors (Lipinski definition) is 4. The van der Waals surface area contributed by atoms with E-state index in [0.29, 0.717) is 17.2 Å². The Bertz CT molecular complexity index is 1010. The lowest BCUT2D eigenvalue weighted by Gasteiger charge is -2.10. The highest BCUT2D eigenvalue weighted by atomic mass is 16.1. The summed E-state index contributed by atoms with van der Waals surface area (Å²) in [6.07, 6.45) is 5.08. The molecular formula is C18H13N5O. The summed E-state index contributed by atoms with van der Waals surface area (Å²) < 4.78 is 1.60. The maximum absolute atomic E-state index is 12.5. The van der Waals surface area contributed by atoms with Crippen molar-refractivity contribution in [3.05, 3.63) is 78.9 Å². The predicted octanol–water partition coefficient (Wildman–Crippen LogP) is 3.07. The van der Waals surface area contributed by atoms with Crippen molar-refractivity contribution >= 4 is 22.5 Å². The molecule has 116 valence electrons. The second kappa shape index (κ2) is 5.92. The van der Waals surface area contributed by atoms with Gasteiger partial charge in [0.1, 0.15) is 5.69 Å². The minimum Gasteiger partial charge on any atom is -0.317 e. The number of carbonyl (C=O) groups excluding carboxylic acids is 1. The van der Waals surface area contributed by atoms with E-state index in [1.165, 1.54) is 0 Å². The van der Waals surface area contributed by atoms with Gasteiger partial charge in [-0.3, -0.25) is 4.79 Å². The first kappa shape index (κ1) is 14.1. The third-order valence-corrected chi connectivity index (χ3v) is 3.59. The van der Waals surface area contributed by atoms with Gasteiger partial charge in [-0.25, -0.2) is 14.6 Å². The fraction of sp³-hybridized carbons (Fsp3) is 0. The van der Waals surface area contributed by atoms with Crippen LogP contribution in [0.4, 0.5) is 5.69 Å². The number of rotatable bonds is 3. The Hall–Kier alpha value is -3.54. The zero-order valence-corrected chi connectivity index (χ0v) is 12.6. The molecule has 0 radical (unpaired) electrons. The van der Waals surface area contributed by atoms with Gasteiger partial charge in [0.15, 0.2) is 5.82 Å². The van der Waals surface area contributed by atoms with E-state index in [2.05, 4.69) is 20.4 Å². The zero-order valence-electron chi connectivity index (χ0n) is 12.6. The molecule has 0 spiro atoms. The van der Waals surface area contributed by atoms with Crippen molar-refractivity contribution in [2.45, 2.75) is 0 Å². The summed E-state index contributed by atoms with van der Waals surface area (Å²) >= 11 is 0. The Balaban J connectivity index is 1.66. The van der Waals surface area contributed by atoms with Gasteiger partial charge >= 0.3 is 0 Å². The van der Waals surface area contributed by atoms with Crippen molar-refractivity contribution in [3.63, 3.8) is 0 Å². The maximum Gasteiger partial charge on any atom is 0.274 e. The highest BCUT2D eigenvalue weighted by Gasteiger charge is 2.12. The quantitative estimate of drug-likeness (QED) is 0.630. The fourth-order valence-corrected chi connectivity index (χ4v) is 2.45. The minimum atomic E-state index is -0.290. The van der Waals surface area contributed by atoms with Gasteiger partial charge in [0.2, 0.25) is 0 Å². The van der Waals surface area contributed by atoms with Crippen LogP contribution in [0.1, 0.15) is 10.5 Å². The van der Waals surface area contributed by atoms with E-state index in [9.17, 15) is 4.79 Å². The maximum atomic E-state index is 12.5. The normalized spacial score (nSPS) is 10.7. The molecule has 0 fully saturated rings. The molecule has 1 aromatic carbocycles. The van der Waals surface area contributed by atoms with Crippen LogP contribution >= 0.6 is 0 Å². The third-order valence-electron chi connectivity index (χ3n) is 3.59. The Kier molecular flexibility index (Phi) is 3.47. The van der Waals surface area contributed by atoms with Gasteiger partial charge < -0.3 is 5.32 Å². The lowest BCUT2D eigenvalue weighted by Crippen LogP contribution is -2.16. The standard InChI is InChI=1S/C18H13N5O/c24-18(16-9-8-13-5-1-2-6-14(13)21-16)22-15-7-3-10-19-17(15)23-12-4-11-20-23/h1-12H,(H,22,24). The molecule has 0 bridgehead atoms. The number of nitrogens with one attached hydrogen (secondary N) is 1. The van der Waals surface area contributed by atoms with Crippen molar-refractivity contribution in [2.75, 3.05) is 5.32 Å². The number of amides is 1. The number of carbonyl (C=O) groups is 1. The van der Waals surface area contributed by atoms with E-state index < -0.39 is 0 Å². The predicted molar refractivity (Wildman–Crippen MR) is 91.1 cm³/mol. The number of pyridine rings is 2. The van der Waals surface area contributed by atoms with E-state index >= 15 is 0 Å². The van der Waals surface area contributed by atoms with Gasteiger partial charge in [-0.15, -0.1) is 0 Å². The summed E-state index contributed by atoms with van der Waals surface area (Å²) in [5.41, 5.74) is 1.70. The summed E-state index contributed by atoms with van der Waals surface area (Å²) in [6, 6.07) is 16.6. The largest absolute Gasteiger partial charge is 0.317 e. The first-order valence-corrected chi connectivity index (χ1v) is 7.43. The van der Waals surface area contributed by atoms with Crippen LogP contribution in [0.2, 0.25) is 0 Å². The van der Waals surface area contributed by atoms with Gasteiger partial charge in [0.25, 0.3) is 5.91 Å². The van der Waals surface area contributed by atoms with Gasteiger partial charge in [0.05, 0.1) is 11.2 Å². The van der Waals surface area contributed by atoms with Crippen molar-refractivity contribution < 1.29 is 4.79 Å². The van der Waals surface area contributed by atoms with Gasteiger partial charge in [-0.1, -0.05) is 24.3 Å². The summed E-state index contributed by atoms with van der Waals surface area (Å²) in [4.78, 5) is 21.2. The van der Waals surface area contributed by atoms with E-state index in [-0.39, 0.29) is 5.91 Å². The summed E-state index contributed by atoms with van der Waals surface area (Å²) in [7, 11) is 0. The average molecular weight is 315 g/mol. The lowest BCUT2D eigenvalue weighted by molar-refractivity contribution is 0.102. The molecule has 1 amide bonds. The molecule has 4 rings (SSSR count). The molecule has 3 heterocycles. The highest BCUT2D eigenvalue weighted by molar-refractivity contribution is 6.04. The number of hydrogen-bond donors (Lipinski definition) is 1. The van der Waals surface area contributed by atoms with E-state index in [0.717, 1.165) is 10.9 Å². The zero-order chi connectivity index (χ0) is 16.4. The van der Waals surface area contributed by atoms with Crippen molar-refractivity contribution in [1.82, 2.24) is 19.7 Å². The van der Waals surface area contributed by atoms with Gasteiger partial charge in [-0.05, 0) is 30.3 Å². The average Bonchev–Trinajstić information content (AvgIpc) is 3.16. The number of para-hydroxylation sites is 1. The lowest BCUT2D eigenvalue weighted by atomic mass is 10.2. The van der Waals surface area contributed by atoms with Crippen LogP contribution in [0.3, 0.4) is 0 Å². The van der Waals surface area contributed by atoms with E-state index in [1.54, 1.807) is 47.5 Å². The molecule has 1 N–H and O–H groups in total. The van der Waals surface area contributed by atoms with Crippen LogP contribution < -0.4 is 5.32 Å². The van der Waals surface area contributed by atoms with Crippen LogP contribution in [0.25, 0.3) is 16.7 Å². The van der Waals surface area contributed by atoms with Crippen molar-refractivity contribution in [2.24, 2.45) is 0 Å². The molecular weight excluding hydrogens is 302 g/mol. The number of anilines is 1. The Labute approximate surface area is 137 Å². The summed E-state index contributed by atoms with van der Waals surface area (Å²) in [5, 5.41) is 8.00. The molecule has 6 heteroatoms. The molecule has 0 aliphatic carbocycles. The topological polar surface area (TPSA) is 72.7 Å². The SMILES string of the molecule is O=C(Nc1cccnc1-n1cccn1)c1ccc2ccccc2n1. The summed E-state index contributed by atoms with van der Waals surface area (Å²) in [6.45, 7) is 0. The Morgan fingerprint density at radius 1 is 0.958 bits per heavy atom. The molecule has 4 aromatic rings. The second-order valence-electron chi connectivity index (χ2n) is 5.17. The van der Waals surface area contributed by atoms with E-state index in [4.69, 9.17) is 0 Å². The number of nitrogens with zero attached hydrogens (tertiary/aromatic N) is 4. The molecule has 0 aliphatic heterocycles. The number of benzene rings is 1. The molecule has 24 heavy (non-hydrogen) atoms. The molecule has 0 saturated heterocycles. The van der Waals surface area contributed by atoms with Crippen molar-refractivity contribution in [3.8, 4) is 5.82 Å². The Morgan fingerprint density at radius 2 is 1.88 bits per heavy atom. The van der Waals surface area contributed by atoms with Gasteiger partial charge in [-0.2, -0.15) is 5.10 Å². The molecule has 0 atom stereocenters. The number of fused-ring (bicyclic) bond motifs is 1. The Morgan fingerprint density at radius 3 is 2.75 bits per heavy atom. The molecule has 6 nitrogen and oxygen atoms in total.